The molecule has 0 fully saturated rings. The SMILES string of the molecule is COc1cccc(N(CCCN)C(=O)NC(C)C)c1. The molecular weight excluding hydrogens is 242 g/mol. The summed E-state index contributed by atoms with van der Waals surface area (Å²) in [7, 11) is 1.61. The summed E-state index contributed by atoms with van der Waals surface area (Å²) in [5, 5.41) is 2.89. The number of hydrogen-bond acceptors (Lipinski definition) is 3. The third-order valence-corrected chi connectivity index (χ3v) is 2.61. The van der Waals surface area contributed by atoms with Gasteiger partial charge in [-0.05, 0) is 38.9 Å². The first kappa shape index (κ1) is 15.3. The Hall–Kier alpha value is -1.75. The van der Waals surface area contributed by atoms with Crippen LogP contribution in [0.15, 0.2) is 24.3 Å². The highest BCUT2D eigenvalue weighted by molar-refractivity contribution is 5.92. The van der Waals surface area contributed by atoms with E-state index in [9.17, 15) is 4.79 Å². The van der Waals surface area contributed by atoms with Gasteiger partial charge in [-0.2, -0.15) is 0 Å². The molecule has 5 heteroatoms. The third-order valence-electron chi connectivity index (χ3n) is 2.61. The van der Waals surface area contributed by atoms with Gasteiger partial charge in [-0.15, -0.1) is 0 Å². The molecule has 1 aromatic rings. The van der Waals surface area contributed by atoms with Gasteiger partial charge in [0.2, 0.25) is 0 Å². The van der Waals surface area contributed by atoms with Crippen LogP contribution in [0.4, 0.5) is 10.5 Å². The molecule has 0 unspecified atom stereocenters. The first-order valence-corrected chi connectivity index (χ1v) is 6.50. The van der Waals surface area contributed by atoms with Gasteiger partial charge in [0.15, 0.2) is 0 Å². The van der Waals surface area contributed by atoms with E-state index in [2.05, 4.69) is 5.32 Å². The summed E-state index contributed by atoms with van der Waals surface area (Å²) in [4.78, 5) is 13.9. The molecule has 0 aliphatic rings. The Morgan fingerprint density at radius 3 is 2.79 bits per heavy atom. The van der Waals surface area contributed by atoms with Gasteiger partial charge in [0.05, 0.1) is 7.11 Å². The van der Waals surface area contributed by atoms with Crippen LogP contribution in [0.5, 0.6) is 5.75 Å². The molecule has 0 spiro atoms. The number of methoxy groups -OCH3 is 1. The van der Waals surface area contributed by atoms with Crippen molar-refractivity contribution in [3.05, 3.63) is 24.3 Å². The lowest BCUT2D eigenvalue weighted by atomic mass is 10.2. The Bertz CT molecular complexity index is 407. The molecule has 5 nitrogen and oxygen atoms in total. The minimum absolute atomic E-state index is 0.0958. The van der Waals surface area contributed by atoms with Crippen molar-refractivity contribution in [2.75, 3.05) is 25.1 Å². The highest BCUT2D eigenvalue weighted by Crippen LogP contribution is 2.21. The van der Waals surface area contributed by atoms with Crippen molar-refractivity contribution in [2.45, 2.75) is 26.3 Å². The maximum atomic E-state index is 12.2. The molecule has 0 aliphatic heterocycles. The predicted molar refractivity (Wildman–Crippen MR) is 77.7 cm³/mol. The summed E-state index contributed by atoms with van der Waals surface area (Å²) in [6.07, 6.45) is 0.753. The normalized spacial score (nSPS) is 10.4. The first-order chi connectivity index (χ1) is 9.08. The Morgan fingerprint density at radius 2 is 2.21 bits per heavy atom. The number of benzene rings is 1. The number of urea groups is 1. The quantitative estimate of drug-likeness (QED) is 0.826. The molecule has 0 aromatic heterocycles. The molecular formula is C14H23N3O2. The molecule has 3 N–H and O–H groups in total. The Morgan fingerprint density at radius 1 is 1.47 bits per heavy atom. The Kier molecular flexibility index (Phi) is 6.15. The van der Waals surface area contributed by atoms with Gasteiger partial charge in [0.1, 0.15) is 5.75 Å². The number of nitrogens with one attached hydrogen (secondary N) is 1. The van der Waals surface area contributed by atoms with Gasteiger partial charge in [-0.25, -0.2) is 4.79 Å². The number of rotatable bonds is 6. The second kappa shape index (κ2) is 7.63. The van der Waals surface area contributed by atoms with E-state index < -0.39 is 0 Å². The number of carbonyl (C=O) groups is 1. The molecule has 1 aromatic carbocycles. The van der Waals surface area contributed by atoms with Gasteiger partial charge >= 0.3 is 6.03 Å². The van der Waals surface area contributed by atoms with Crippen molar-refractivity contribution >= 4 is 11.7 Å². The first-order valence-electron chi connectivity index (χ1n) is 6.50. The molecule has 0 heterocycles. The summed E-state index contributed by atoms with van der Waals surface area (Å²) in [5.74, 6) is 0.729. The number of amides is 2. The molecule has 0 atom stereocenters. The Labute approximate surface area is 114 Å². The van der Waals surface area contributed by atoms with Crippen LogP contribution < -0.4 is 20.7 Å². The van der Waals surface area contributed by atoms with Crippen LogP contribution in [0, 0.1) is 0 Å². The highest BCUT2D eigenvalue weighted by atomic mass is 16.5. The van der Waals surface area contributed by atoms with Crippen molar-refractivity contribution in [3.8, 4) is 5.75 Å². The van der Waals surface area contributed by atoms with Gasteiger partial charge in [-0.1, -0.05) is 6.07 Å². The van der Waals surface area contributed by atoms with E-state index in [0.29, 0.717) is 13.1 Å². The van der Waals surface area contributed by atoms with Crippen molar-refractivity contribution in [2.24, 2.45) is 5.73 Å². The average molecular weight is 265 g/mol. The lowest BCUT2D eigenvalue weighted by molar-refractivity contribution is 0.244. The second-order valence-corrected chi connectivity index (χ2v) is 4.60. The number of carbonyl (C=O) groups excluding carboxylic acids is 1. The van der Waals surface area contributed by atoms with E-state index in [-0.39, 0.29) is 12.1 Å². The zero-order valence-corrected chi connectivity index (χ0v) is 11.8. The molecule has 1 rings (SSSR count). The standard InChI is InChI=1S/C14H23N3O2/c1-11(2)16-14(18)17(9-5-8-15)12-6-4-7-13(10-12)19-3/h4,6-7,10-11H,5,8-9,15H2,1-3H3,(H,16,18). The van der Waals surface area contributed by atoms with Crippen molar-refractivity contribution in [1.29, 1.82) is 0 Å². The van der Waals surface area contributed by atoms with Crippen LogP contribution in [-0.4, -0.2) is 32.3 Å². The number of nitrogens with zero attached hydrogens (tertiary/aromatic N) is 1. The number of nitrogens with two attached hydrogens (primary N) is 1. The fourth-order valence-corrected chi connectivity index (χ4v) is 1.70. The summed E-state index contributed by atoms with van der Waals surface area (Å²) in [6.45, 7) is 5.01. The number of anilines is 1. The topological polar surface area (TPSA) is 67.6 Å². The molecule has 0 saturated carbocycles. The van der Waals surface area contributed by atoms with Crippen LogP contribution in [0.25, 0.3) is 0 Å². The molecule has 0 bridgehead atoms. The van der Waals surface area contributed by atoms with Crippen molar-refractivity contribution in [1.82, 2.24) is 5.32 Å². The summed E-state index contributed by atoms with van der Waals surface area (Å²) in [5.41, 5.74) is 6.34. The van der Waals surface area contributed by atoms with Crippen LogP contribution in [-0.2, 0) is 0 Å². The maximum Gasteiger partial charge on any atom is 0.322 e. The fourth-order valence-electron chi connectivity index (χ4n) is 1.70. The number of hydrogen-bond donors (Lipinski definition) is 2. The minimum atomic E-state index is -0.114. The lowest BCUT2D eigenvalue weighted by Gasteiger charge is -2.24. The molecule has 2 amide bonds. The predicted octanol–water partition coefficient (Wildman–Crippen LogP) is 1.97. The molecule has 0 radical (unpaired) electrons. The van der Waals surface area contributed by atoms with Gasteiger partial charge in [-0.3, -0.25) is 4.90 Å². The summed E-state index contributed by atoms with van der Waals surface area (Å²) >= 11 is 0. The molecule has 106 valence electrons. The number of ether oxygens (including phenoxy) is 1. The van der Waals surface area contributed by atoms with E-state index in [0.717, 1.165) is 17.9 Å². The highest BCUT2D eigenvalue weighted by Gasteiger charge is 2.16. The zero-order valence-electron chi connectivity index (χ0n) is 11.8. The maximum absolute atomic E-state index is 12.2. The summed E-state index contributed by atoms with van der Waals surface area (Å²) in [6, 6.07) is 7.43. The van der Waals surface area contributed by atoms with Crippen molar-refractivity contribution in [3.63, 3.8) is 0 Å². The van der Waals surface area contributed by atoms with Crippen molar-refractivity contribution < 1.29 is 9.53 Å². The van der Waals surface area contributed by atoms with Crippen LogP contribution in [0.3, 0.4) is 0 Å². The van der Waals surface area contributed by atoms with E-state index in [1.165, 1.54) is 0 Å². The van der Waals surface area contributed by atoms with Gasteiger partial charge < -0.3 is 15.8 Å². The molecule has 0 saturated heterocycles. The van der Waals surface area contributed by atoms with E-state index in [4.69, 9.17) is 10.5 Å². The smallest absolute Gasteiger partial charge is 0.322 e. The zero-order chi connectivity index (χ0) is 14.3. The van der Waals surface area contributed by atoms with Crippen LogP contribution in [0.1, 0.15) is 20.3 Å². The third kappa shape index (κ3) is 4.79. The van der Waals surface area contributed by atoms with Crippen LogP contribution in [0.2, 0.25) is 0 Å². The molecule has 0 aliphatic carbocycles. The lowest BCUT2D eigenvalue weighted by Crippen LogP contribution is -2.44. The average Bonchev–Trinajstić information content (AvgIpc) is 2.38. The fraction of sp³-hybridized carbons (Fsp3) is 0.500. The van der Waals surface area contributed by atoms with Gasteiger partial charge in [0, 0.05) is 24.3 Å². The van der Waals surface area contributed by atoms with E-state index in [1.807, 2.05) is 38.1 Å². The monoisotopic (exact) mass is 265 g/mol. The second-order valence-electron chi connectivity index (χ2n) is 4.60. The van der Waals surface area contributed by atoms with E-state index >= 15 is 0 Å². The van der Waals surface area contributed by atoms with E-state index in [1.54, 1.807) is 12.0 Å². The largest absolute Gasteiger partial charge is 0.497 e. The minimum Gasteiger partial charge on any atom is -0.497 e. The Balaban J connectivity index is 2.91. The van der Waals surface area contributed by atoms with Gasteiger partial charge in [0.25, 0.3) is 0 Å². The van der Waals surface area contributed by atoms with Crippen LogP contribution >= 0.6 is 0 Å². The molecule has 19 heavy (non-hydrogen) atoms. The summed E-state index contributed by atoms with van der Waals surface area (Å²) < 4.78 is 5.19.